The Morgan fingerprint density at radius 2 is 1.74 bits per heavy atom. The minimum Gasteiger partial charge on any atom is -0.483 e. The van der Waals surface area contributed by atoms with Crippen molar-refractivity contribution < 1.29 is 14.3 Å². The van der Waals surface area contributed by atoms with Crippen molar-refractivity contribution in [3.05, 3.63) is 94.5 Å². The fourth-order valence-electron chi connectivity index (χ4n) is 2.91. The van der Waals surface area contributed by atoms with Crippen molar-refractivity contribution in [2.75, 3.05) is 0 Å². The highest BCUT2D eigenvalue weighted by Gasteiger charge is 2.26. The van der Waals surface area contributed by atoms with Gasteiger partial charge >= 0.3 is 0 Å². The molecule has 0 atom stereocenters. The number of nitrogens with zero attached hydrogens (tertiary/aromatic N) is 3. The summed E-state index contributed by atoms with van der Waals surface area (Å²) in [5.41, 5.74) is 3.67. The molecular weight excluding hydrogens is 342 g/mol. The van der Waals surface area contributed by atoms with E-state index < -0.39 is 0 Å². The Balaban J connectivity index is 1.42. The summed E-state index contributed by atoms with van der Waals surface area (Å²) in [5, 5.41) is 8.15. The van der Waals surface area contributed by atoms with E-state index in [4.69, 9.17) is 4.74 Å². The first-order valence-electron chi connectivity index (χ1n) is 8.57. The highest BCUT2D eigenvalue weighted by atomic mass is 16.5. The number of aryl methyl sites for hydroxylation is 1. The average Bonchev–Trinajstić information content (AvgIpc) is 3.13. The van der Waals surface area contributed by atoms with Crippen LogP contribution in [-0.4, -0.2) is 26.6 Å². The lowest BCUT2D eigenvalue weighted by Gasteiger charge is -2.14. The molecule has 134 valence electrons. The molecule has 0 spiro atoms. The molecule has 1 aromatic heterocycles. The molecule has 0 radical (unpaired) electrons. The molecule has 3 aromatic rings. The van der Waals surface area contributed by atoms with Crippen molar-refractivity contribution in [2.24, 2.45) is 0 Å². The molecule has 1 aliphatic rings. The summed E-state index contributed by atoms with van der Waals surface area (Å²) in [6.45, 7) is 2.71. The monoisotopic (exact) mass is 359 g/mol. The minimum absolute atomic E-state index is 0.0341. The molecule has 1 heterocycles. The zero-order chi connectivity index (χ0) is 18.8. The van der Waals surface area contributed by atoms with E-state index in [0.717, 1.165) is 5.56 Å². The van der Waals surface area contributed by atoms with E-state index in [1.807, 2.05) is 31.2 Å². The molecule has 0 fully saturated rings. The molecule has 0 saturated heterocycles. The third-order valence-electron chi connectivity index (χ3n) is 4.35. The fourth-order valence-corrected chi connectivity index (χ4v) is 2.91. The number of carbonyl (C=O) groups excluding carboxylic acids is 2. The predicted molar refractivity (Wildman–Crippen MR) is 98.3 cm³/mol. The Kier molecular flexibility index (Phi) is 4.38. The van der Waals surface area contributed by atoms with Crippen molar-refractivity contribution in [3.63, 3.8) is 0 Å². The second-order valence-corrected chi connectivity index (χ2v) is 6.43. The van der Waals surface area contributed by atoms with Gasteiger partial charge in [0.15, 0.2) is 11.5 Å². The standard InChI is InChI=1S/C21H17N3O3/c1-14-6-8-15(9-7-14)11-24-12-16(22-23-24)13-27-20-10-19(25)17-4-2-3-5-18(17)21(20)26/h2-10,12H,11,13H2,1H3. The first-order chi connectivity index (χ1) is 13.1. The van der Waals surface area contributed by atoms with Gasteiger partial charge in [0.2, 0.25) is 5.78 Å². The maximum Gasteiger partial charge on any atom is 0.228 e. The third kappa shape index (κ3) is 3.55. The quantitative estimate of drug-likeness (QED) is 0.700. The third-order valence-corrected chi connectivity index (χ3v) is 4.35. The lowest BCUT2D eigenvalue weighted by Crippen LogP contribution is -2.18. The molecule has 0 bridgehead atoms. The van der Waals surface area contributed by atoms with E-state index >= 15 is 0 Å². The Hall–Kier alpha value is -3.54. The van der Waals surface area contributed by atoms with Gasteiger partial charge in [0, 0.05) is 17.2 Å². The summed E-state index contributed by atoms with van der Waals surface area (Å²) in [6.07, 6.45) is 3.00. The van der Waals surface area contributed by atoms with E-state index in [-0.39, 0.29) is 23.9 Å². The second-order valence-electron chi connectivity index (χ2n) is 6.43. The lowest BCUT2D eigenvalue weighted by molar-refractivity contribution is 0.0867. The highest BCUT2D eigenvalue weighted by molar-refractivity contribution is 6.23. The van der Waals surface area contributed by atoms with Gasteiger partial charge in [-0.3, -0.25) is 9.59 Å². The number of hydrogen-bond acceptors (Lipinski definition) is 5. The topological polar surface area (TPSA) is 74.1 Å². The van der Waals surface area contributed by atoms with Crippen LogP contribution < -0.4 is 0 Å². The number of ether oxygens (including phenoxy) is 1. The van der Waals surface area contributed by atoms with Crippen molar-refractivity contribution in [3.8, 4) is 0 Å². The van der Waals surface area contributed by atoms with E-state index in [9.17, 15) is 9.59 Å². The second kappa shape index (κ2) is 6.99. The van der Waals surface area contributed by atoms with Crippen LogP contribution >= 0.6 is 0 Å². The first-order valence-corrected chi connectivity index (χ1v) is 8.57. The number of ketones is 2. The van der Waals surface area contributed by atoms with Crippen LogP contribution in [0.1, 0.15) is 37.5 Å². The van der Waals surface area contributed by atoms with Crippen LogP contribution in [0.5, 0.6) is 0 Å². The van der Waals surface area contributed by atoms with Crippen LogP contribution in [0, 0.1) is 6.92 Å². The molecule has 1 aliphatic carbocycles. The molecular formula is C21H17N3O3. The number of allylic oxidation sites excluding steroid dienone is 2. The Labute approximate surface area is 156 Å². The maximum atomic E-state index is 12.5. The Morgan fingerprint density at radius 3 is 2.52 bits per heavy atom. The van der Waals surface area contributed by atoms with Crippen molar-refractivity contribution in [1.29, 1.82) is 0 Å². The van der Waals surface area contributed by atoms with Crippen molar-refractivity contribution in [2.45, 2.75) is 20.1 Å². The summed E-state index contributed by atoms with van der Waals surface area (Å²) in [5.74, 6) is -0.493. The van der Waals surface area contributed by atoms with Crippen LogP contribution in [0.15, 0.2) is 66.6 Å². The smallest absolute Gasteiger partial charge is 0.228 e. The van der Waals surface area contributed by atoms with E-state index in [1.54, 1.807) is 35.1 Å². The maximum absolute atomic E-state index is 12.5. The Morgan fingerprint density at radius 1 is 1.00 bits per heavy atom. The van der Waals surface area contributed by atoms with Gasteiger partial charge in [0.1, 0.15) is 12.3 Å². The van der Waals surface area contributed by atoms with Gasteiger partial charge in [-0.1, -0.05) is 59.3 Å². The normalized spacial score (nSPS) is 13.3. The van der Waals surface area contributed by atoms with Crippen LogP contribution in [0.25, 0.3) is 0 Å². The molecule has 27 heavy (non-hydrogen) atoms. The molecule has 0 amide bonds. The van der Waals surface area contributed by atoms with E-state index in [2.05, 4.69) is 10.3 Å². The number of hydrogen-bond donors (Lipinski definition) is 0. The summed E-state index contributed by atoms with van der Waals surface area (Å²) in [6, 6.07) is 14.9. The number of Topliss-reactive ketones (excluding diaryl/α,β-unsaturated/α-hetero) is 1. The van der Waals surface area contributed by atoms with Gasteiger partial charge in [0.05, 0.1) is 12.7 Å². The van der Waals surface area contributed by atoms with Gasteiger partial charge in [-0.15, -0.1) is 5.10 Å². The van der Waals surface area contributed by atoms with Crippen LogP contribution in [0.4, 0.5) is 0 Å². The van der Waals surface area contributed by atoms with Gasteiger partial charge in [-0.05, 0) is 12.5 Å². The summed E-state index contributed by atoms with van der Waals surface area (Å²) >= 11 is 0. The van der Waals surface area contributed by atoms with Gasteiger partial charge in [-0.2, -0.15) is 0 Å². The first kappa shape index (κ1) is 16.9. The largest absolute Gasteiger partial charge is 0.483 e. The van der Waals surface area contributed by atoms with Crippen LogP contribution in [0.3, 0.4) is 0 Å². The summed E-state index contributed by atoms with van der Waals surface area (Å²) in [7, 11) is 0. The zero-order valence-electron chi connectivity index (χ0n) is 14.8. The van der Waals surface area contributed by atoms with Crippen molar-refractivity contribution >= 4 is 11.6 Å². The van der Waals surface area contributed by atoms with Gasteiger partial charge in [0.25, 0.3) is 0 Å². The Bertz CT molecular complexity index is 1050. The molecule has 0 saturated carbocycles. The predicted octanol–water partition coefficient (Wildman–Crippen LogP) is 3.11. The van der Waals surface area contributed by atoms with E-state index in [1.165, 1.54) is 11.6 Å². The number of fused-ring (bicyclic) bond motifs is 1. The SMILES string of the molecule is Cc1ccc(Cn2cc(COC3=CC(=O)c4ccccc4C3=O)nn2)cc1. The van der Waals surface area contributed by atoms with Crippen molar-refractivity contribution in [1.82, 2.24) is 15.0 Å². The summed E-state index contributed by atoms with van der Waals surface area (Å²) in [4.78, 5) is 24.6. The number of aromatic nitrogens is 3. The lowest BCUT2D eigenvalue weighted by atomic mass is 9.94. The molecule has 6 nitrogen and oxygen atoms in total. The van der Waals surface area contributed by atoms with E-state index in [0.29, 0.717) is 23.4 Å². The summed E-state index contributed by atoms with van der Waals surface area (Å²) < 4.78 is 7.27. The molecule has 0 unspecified atom stereocenters. The molecule has 0 aliphatic heterocycles. The van der Waals surface area contributed by atoms with Gasteiger partial charge < -0.3 is 4.74 Å². The molecule has 4 rings (SSSR count). The zero-order valence-corrected chi connectivity index (χ0v) is 14.8. The van der Waals surface area contributed by atoms with Gasteiger partial charge in [-0.25, -0.2) is 4.68 Å². The molecule has 2 aromatic carbocycles. The van der Waals surface area contributed by atoms with Crippen LogP contribution in [0.2, 0.25) is 0 Å². The fraction of sp³-hybridized carbons (Fsp3) is 0.143. The molecule has 6 heteroatoms. The average molecular weight is 359 g/mol. The number of rotatable bonds is 5. The minimum atomic E-state index is -0.294. The number of carbonyl (C=O) groups is 2. The molecule has 0 N–H and O–H groups in total. The highest BCUT2D eigenvalue weighted by Crippen LogP contribution is 2.22. The number of benzene rings is 2. The van der Waals surface area contributed by atoms with Crippen LogP contribution in [-0.2, 0) is 17.9 Å².